The number of aliphatic carboxylic acids is 1. The van der Waals surface area contributed by atoms with Crippen molar-refractivity contribution in [3.63, 3.8) is 0 Å². The Balaban J connectivity index is 1.88. The molecule has 1 aromatic heterocycles. The van der Waals surface area contributed by atoms with Gasteiger partial charge in [0, 0.05) is 0 Å². The molecule has 0 atom stereocenters. The minimum absolute atomic E-state index is 0.117. The van der Waals surface area contributed by atoms with E-state index in [2.05, 4.69) is 5.10 Å². The summed E-state index contributed by atoms with van der Waals surface area (Å²) in [5.41, 5.74) is 0. The molecule has 1 aliphatic carbocycles. The average Bonchev–Trinajstić information content (AvgIpc) is 2.66. The number of aromatic nitrogens is 2. The molecule has 0 radical (unpaired) electrons. The van der Waals surface area contributed by atoms with E-state index in [1.165, 1.54) is 23.9 Å². The summed E-state index contributed by atoms with van der Waals surface area (Å²) in [4.78, 5) is 10.5. The van der Waals surface area contributed by atoms with E-state index in [-0.39, 0.29) is 12.6 Å². The molecule has 16 heavy (non-hydrogen) atoms. The highest BCUT2D eigenvalue weighted by Crippen LogP contribution is 2.22. The van der Waals surface area contributed by atoms with Gasteiger partial charge in [0.1, 0.15) is 6.54 Å². The zero-order valence-corrected chi connectivity index (χ0v) is 9.13. The average molecular weight is 224 g/mol. The van der Waals surface area contributed by atoms with Gasteiger partial charge >= 0.3 is 5.97 Å². The lowest BCUT2D eigenvalue weighted by atomic mass is 9.98. The Bertz CT molecular complexity index is 356. The molecule has 0 aliphatic heterocycles. The van der Waals surface area contributed by atoms with Gasteiger partial charge in [0.25, 0.3) is 0 Å². The molecule has 0 saturated heterocycles. The van der Waals surface area contributed by atoms with Crippen molar-refractivity contribution in [3.05, 3.63) is 12.4 Å². The second-order valence-corrected chi connectivity index (χ2v) is 4.15. The number of carbonyl (C=O) groups is 1. The quantitative estimate of drug-likeness (QED) is 0.845. The molecule has 5 heteroatoms. The molecular weight excluding hydrogens is 208 g/mol. The fourth-order valence-corrected chi connectivity index (χ4v) is 2.01. The summed E-state index contributed by atoms with van der Waals surface area (Å²) in [7, 11) is 0. The topological polar surface area (TPSA) is 64.3 Å². The molecule has 88 valence electrons. The summed E-state index contributed by atoms with van der Waals surface area (Å²) < 4.78 is 7.12. The monoisotopic (exact) mass is 224 g/mol. The molecule has 0 unspecified atom stereocenters. The molecule has 1 aliphatic rings. The van der Waals surface area contributed by atoms with E-state index in [4.69, 9.17) is 9.84 Å². The molecular formula is C11H16N2O3. The maximum atomic E-state index is 10.5. The second-order valence-electron chi connectivity index (χ2n) is 4.15. The lowest BCUT2D eigenvalue weighted by Crippen LogP contribution is -2.19. The van der Waals surface area contributed by atoms with Gasteiger partial charge in [0.05, 0.1) is 18.5 Å². The van der Waals surface area contributed by atoms with E-state index in [9.17, 15) is 4.79 Å². The molecule has 0 spiro atoms. The zero-order chi connectivity index (χ0) is 11.4. The first-order valence-electron chi connectivity index (χ1n) is 5.65. The summed E-state index contributed by atoms with van der Waals surface area (Å²) in [6.45, 7) is -0.117. The third-order valence-corrected chi connectivity index (χ3v) is 2.76. The first kappa shape index (κ1) is 11.0. The molecule has 0 bridgehead atoms. The number of hydrogen-bond donors (Lipinski definition) is 1. The summed E-state index contributed by atoms with van der Waals surface area (Å²) >= 11 is 0. The van der Waals surface area contributed by atoms with Crippen molar-refractivity contribution in [3.8, 4) is 5.75 Å². The predicted octanol–water partition coefficient (Wildman–Crippen LogP) is 1.68. The Kier molecular flexibility index (Phi) is 3.44. The molecule has 1 fully saturated rings. The van der Waals surface area contributed by atoms with Crippen LogP contribution in [0.4, 0.5) is 0 Å². The fraction of sp³-hybridized carbons (Fsp3) is 0.636. The molecule has 1 aromatic rings. The predicted molar refractivity (Wildman–Crippen MR) is 57.4 cm³/mol. The van der Waals surface area contributed by atoms with E-state index in [1.807, 2.05) is 0 Å². The first-order chi connectivity index (χ1) is 7.74. The van der Waals surface area contributed by atoms with Crippen LogP contribution in [0.3, 0.4) is 0 Å². The Hall–Kier alpha value is -1.52. The van der Waals surface area contributed by atoms with Gasteiger partial charge in [-0.25, -0.2) is 0 Å². The summed E-state index contributed by atoms with van der Waals surface area (Å²) in [5.74, 6) is -0.222. The van der Waals surface area contributed by atoms with Crippen molar-refractivity contribution >= 4 is 5.97 Å². The number of carboxylic acid groups (broad SMARTS) is 1. The van der Waals surface area contributed by atoms with Crippen LogP contribution in [0, 0.1) is 0 Å². The van der Waals surface area contributed by atoms with Crippen LogP contribution in [0.15, 0.2) is 12.4 Å². The third kappa shape index (κ3) is 2.98. The summed E-state index contributed by atoms with van der Waals surface area (Å²) in [6.07, 6.45) is 9.39. The highest BCUT2D eigenvalue weighted by molar-refractivity contribution is 5.66. The highest BCUT2D eigenvalue weighted by Gasteiger charge is 2.15. The Labute approximate surface area is 94.0 Å². The number of carboxylic acids is 1. The summed E-state index contributed by atoms with van der Waals surface area (Å²) in [5, 5.41) is 12.5. The minimum Gasteiger partial charge on any atom is -0.487 e. The number of hydrogen-bond acceptors (Lipinski definition) is 3. The maximum Gasteiger partial charge on any atom is 0.325 e. The van der Waals surface area contributed by atoms with Crippen LogP contribution in [0.25, 0.3) is 0 Å². The van der Waals surface area contributed by atoms with Gasteiger partial charge in [-0.05, 0) is 25.7 Å². The number of ether oxygens (including phenoxy) is 1. The SMILES string of the molecule is O=C(O)Cn1cc(OC2CCCCC2)cn1. The Morgan fingerprint density at radius 2 is 2.25 bits per heavy atom. The van der Waals surface area contributed by atoms with Crippen molar-refractivity contribution < 1.29 is 14.6 Å². The van der Waals surface area contributed by atoms with Crippen molar-refractivity contribution in [2.45, 2.75) is 44.8 Å². The van der Waals surface area contributed by atoms with Crippen molar-refractivity contribution in [2.24, 2.45) is 0 Å². The lowest BCUT2D eigenvalue weighted by molar-refractivity contribution is -0.137. The Morgan fingerprint density at radius 1 is 1.50 bits per heavy atom. The zero-order valence-electron chi connectivity index (χ0n) is 9.13. The van der Waals surface area contributed by atoms with E-state index < -0.39 is 5.97 Å². The van der Waals surface area contributed by atoms with Gasteiger partial charge in [-0.2, -0.15) is 5.10 Å². The molecule has 0 aromatic carbocycles. The van der Waals surface area contributed by atoms with Crippen LogP contribution in [0.1, 0.15) is 32.1 Å². The van der Waals surface area contributed by atoms with Crippen LogP contribution in [-0.4, -0.2) is 27.0 Å². The fourth-order valence-electron chi connectivity index (χ4n) is 2.01. The first-order valence-corrected chi connectivity index (χ1v) is 5.65. The van der Waals surface area contributed by atoms with Gasteiger partial charge < -0.3 is 9.84 Å². The number of nitrogens with zero attached hydrogens (tertiary/aromatic N) is 2. The van der Waals surface area contributed by atoms with Crippen LogP contribution >= 0.6 is 0 Å². The van der Waals surface area contributed by atoms with Gasteiger partial charge in [0.2, 0.25) is 0 Å². The normalized spacial score (nSPS) is 17.2. The van der Waals surface area contributed by atoms with Crippen LogP contribution in [0.5, 0.6) is 5.75 Å². The van der Waals surface area contributed by atoms with Gasteiger partial charge in [-0.3, -0.25) is 9.48 Å². The van der Waals surface area contributed by atoms with Crippen LogP contribution in [-0.2, 0) is 11.3 Å². The molecule has 5 nitrogen and oxygen atoms in total. The van der Waals surface area contributed by atoms with Crippen molar-refractivity contribution in [2.75, 3.05) is 0 Å². The Morgan fingerprint density at radius 3 is 2.94 bits per heavy atom. The van der Waals surface area contributed by atoms with E-state index in [1.54, 1.807) is 12.4 Å². The standard InChI is InChI=1S/C11H16N2O3/c14-11(15)8-13-7-10(6-12-13)16-9-4-2-1-3-5-9/h6-7,9H,1-5,8H2,(H,14,15). The van der Waals surface area contributed by atoms with Crippen molar-refractivity contribution in [1.29, 1.82) is 0 Å². The highest BCUT2D eigenvalue weighted by atomic mass is 16.5. The molecule has 0 amide bonds. The van der Waals surface area contributed by atoms with Crippen molar-refractivity contribution in [1.82, 2.24) is 9.78 Å². The molecule has 2 rings (SSSR count). The molecule has 1 saturated carbocycles. The van der Waals surface area contributed by atoms with E-state index >= 15 is 0 Å². The van der Waals surface area contributed by atoms with Crippen LogP contribution < -0.4 is 4.74 Å². The van der Waals surface area contributed by atoms with E-state index in [0.29, 0.717) is 5.75 Å². The summed E-state index contributed by atoms with van der Waals surface area (Å²) in [6, 6.07) is 0. The lowest BCUT2D eigenvalue weighted by Gasteiger charge is -2.21. The second kappa shape index (κ2) is 5.01. The van der Waals surface area contributed by atoms with Gasteiger partial charge in [0.15, 0.2) is 5.75 Å². The minimum atomic E-state index is -0.896. The van der Waals surface area contributed by atoms with Gasteiger partial charge in [-0.1, -0.05) is 6.42 Å². The third-order valence-electron chi connectivity index (χ3n) is 2.76. The maximum absolute atomic E-state index is 10.5. The smallest absolute Gasteiger partial charge is 0.325 e. The largest absolute Gasteiger partial charge is 0.487 e. The number of rotatable bonds is 4. The van der Waals surface area contributed by atoms with Crippen LogP contribution in [0.2, 0.25) is 0 Å². The van der Waals surface area contributed by atoms with E-state index in [0.717, 1.165) is 12.8 Å². The van der Waals surface area contributed by atoms with Gasteiger partial charge in [-0.15, -0.1) is 0 Å². The molecule has 1 N–H and O–H groups in total. The molecule has 1 heterocycles.